The molecule has 0 heterocycles. The lowest BCUT2D eigenvalue weighted by Gasteiger charge is -2.12. The number of benzene rings is 1. The fourth-order valence-corrected chi connectivity index (χ4v) is 3.16. The number of sulfonamides is 1. The fraction of sp³-hybridized carbons (Fsp3) is 0.455. The van der Waals surface area contributed by atoms with Crippen LogP contribution in [-0.2, 0) is 10.0 Å². The van der Waals surface area contributed by atoms with Crippen LogP contribution < -0.4 is 10.5 Å². The third-order valence-electron chi connectivity index (χ3n) is 2.69. The molecular weight excluding hydrogens is 375 g/mol. The molecule has 1 rings (SSSR count). The first-order chi connectivity index (χ1) is 9.20. The van der Waals surface area contributed by atoms with Crippen LogP contribution in [0.1, 0.15) is 19.8 Å². The molecule has 114 valence electrons. The van der Waals surface area contributed by atoms with Crippen molar-refractivity contribution in [3.8, 4) is 0 Å². The van der Waals surface area contributed by atoms with Gasteiger partial charge in [0.1, 0.15) is 4.90 Å². The summed E-state index contributed by atoms with van der Waals surface area (Å²) in [4.78, 5) is -0.616. The summed E-state index contributed by atoms with van der Waals surface area (Å²) in [6.45, 7) is 1.76. The van der Waals surface area contributed by atoms with E-state index in [2.05, 4.69) is 20.7 Å². The highest BCUT2D eigenvalue weighted by Crippen LogP contribution is 2.34. The predicted octanol–water partition coefficient (Wildman–Crippen LogP) is 2.26. The van der Waals surface area contributed by atoms with E-state index in [9.17, 15) is 17.9 Å². The molecule has 0 aliphatic rings. The number of nitrogen functional groups attached to an aromatic ring is 1. The first kappa shape index (κ1) is 17.6. The molecule has 0 aliphatic carbocycles. The van der Waals surface area contributed by atoms with E-state index >= 15 is 0 Å². The minimum Gasteiger partial charge on any atom is -0.395 e. The minimum atomic E-state index is -4.08. The maximum atomic E-state index is 13.9. The van der Waals surface area contributed by atoms with Crippen molar-refractivity contribution >= 4 is 43.2 Å². The van der Waals surface area contributed by atoms with E-state index in [1.54, 1.807) is 6.92 Å². The third-order valence-corrected chi connectivity index (χ3v) is 5.53. The number of nitrogens with one attached hydrogen (secondary N) is 1. The van der Waals surface area contributed by atoms with Gasteiger partial charge in [-0.25, -0.2) is 17.5 Å². The molecule has 0 saturated carbocycles. The lowest BCUT2D eigenvalue weighted by atomic mass is 10.2. The van der Waals surface area contributed by atoms with Gasteiger partial charge in [0.15, 0.2) is 5.82 Å². The molecule has 0 aliphatic heterocycles. The van der Waals surface area contributed by atoms with Gasteiger partial charge in [-0.15, -0.1) is 0 Å². The maximum absolute atomic E-state index is 13.9. The second-order valence-corrected chi connectivity index (χ2v) is 7.08. The molecule has 9 heteroatoms. The predicted molar refractivity (Wildman–Crippen MR) is 79.6 cm³/mol. The van der Waals surface area contributed by atoms with Crippen LogP contribution in [-0.4, -0.2) is 26.2 Å². The zero-order valence-electron chi connectivity index (χ0n) is 10.7. The van der Waals surface area contributed by atoms with Crippen LogP contribution in [0.2, 0.25) is 5.02 Å². The SMILES string of the molecule is CCC(O)CCNS(=O)(=O)c1cc(Cl)c(Br)c(N)c1F. The largest absolute Gasteiger partial charge is 0.395 e. The average Bonchev–Trinajstić information content (AvgIpc) is 2.39. The van der Waals surface area contributed by atoms with Gasteiger partial charge in [-0.05, 0) is 34.8 Å². The number of aliphatic hydroxyl groups is 1. The highest BCUT2D eigenvalue weighted by atomic mass is 79.9. The van der Waals surface area contributed by atoms with Gasteiger partial charge in [-0.1, -0.05) is 18.5 Å². The lowest BCUT2D eigenvalue weighted by molar-refractivity contribution is 0.162. The van der Waals surface area contributed by atoms with Crippen LogP contribution in [0.5, 0.6) is 0 Å². The Morgan fingerprint density at radius 1 is 1.60 bits per heavy atom. The van der Waals surface area contributed by atoms with E-state index in [0.29, 0.717) is 6.42 Å². The molecule has 1 aromatic carbocycles. The standard InChI is InChI=1S/C11H15BrClFN2O3S/c1-2-6(17)3-4-16-20(18,19)8-5-7(13)9(12)11(15)10(8)14/h5-6,16-17H,2-4,15H2,1H3. The van der Waals surface area contributed by atoms with E-state index in [1.165, 1.54) is 0 Å². The number of anilines is 1. The number of aliphatic hydroxyl groups excluding tert-OH is 1. The van der Waals surface area contributed by atoms with Gasteiger partial charge in [0.25, 0.3) is 0 Å². The lowest BCUT2D eigenvalue weighted by Crippen LogP contribution is -2.28. The highest BCUT2D eigenvalue weighted by Gasteiger charge is 2.24. The van der Waals surface area contributed by atoms with Gasteiger partial charge >= 0.3 is 0 Å². The fourth-order valence-electron chi connectivity index (χ4n) is 1.44. The van der Waals surface area contributed by atoms with Crippen molar-refractivity contribution in [3.05, 3.63) is 21.4 Å². The summed E-state index contributed by atoms with van der Waals surface area (Å²) in [7, 11) is -4.08. The molecule has 0 bridgehead atoms. The Balaban J connectivity index is 2.99. The number of rotatable bonds is 6. The van der Waals surface area contributed by atoms with E-state index in [4.69, 9.17) is 17.3 Å². The van der Waals surface area contributed by atoms with E-state index in [-0.39, 0.29) is 28.1 Å². The van der Waals surface area contributed by atoms with Crippen molar-refractivity contribution in [3.63, 3.8) is 0 Å². The van der Waals surface area contributed by atoms with E-state index in [0.717, 1.165) is 6.07 Å². The molecule has 1 atom stereocenters. The zero-order valence-corrected chi connectivity index (χ0v) is 13.8. The molecule has 0 spiro atoms. The summed E-state index contributed by atoms with van der Waals surface area (Å²) >= 11 is 8.74. The molecular formula is C11H15BrClFN2O3S. The molecule has 4 N–H and O–H groups in total. The van der Waals surface area contributed by atoms with Crippen LogP contribution in [0.3, 0.4) is 0 Å². The van der Waals surface area contributed by atoms with Gasteiger partial charge in [-0.2, -0.15) is 0 Å². The smallest absolute Gasteiger partial charge is 0.243 e. The van der Waals surface area contributed by atoms with Crippen molar-refractivity contribution in [2.75, 3.05) is 12.3 Å². The van der Waals surface area contributed by atoms with Crippen LogP contribution in [0.15, 0.2) is 15.4 Å². The van der Waals surface area contributed by atoms with Crippen LogP contribution in [0.25, 0.3) is 0 Å². The first-order valence-electron chi connectivity index (χ1n) is 5.81. The topological polar surface area (TPSA) is 92.4 Å². The molecule has 0 aromatic heterocycles. The summed E-state index contributed by atoms with van der Waals surface area (Å²) in [6.07, 6.45) is 0.130. The van der Waals surface area contributed by atoms with Gasteiger partial charge in [0.05, 0.1) is 21.3 Å². The second-order valence-electron chi connectivity index (χ2n) is 4.15. The van der Waals surface area contributed by atoms with Crippen LogP contribution >= 0.6 is 27.5 Å². The zero-order chi connectivity index (χ0) is 15.5. The molecule has 5 nitrogen and oxygen atoms in total. The summed E-state index contributed by atoms with van der Waals surface area (Å²) in [6, 6.07) is 0.982. The van der Waals surface area contributed by atoms with Crippen molar-refractivity contribution in [2.45, 2.75) is 30.8 Å². The molecule has 0 saturated heterocycles. The molecule has 1 aromatic rings. The Hall–Kier alpha value is -0.410. The Morgan fingerprint density at radius 3 is 2.75 bits per heavy atom. The molecule has 0 radical (unpaired) electrons. The van der Waals surface area contributed by atoms with Crippen molar-refractivity contribution in [1.82, 2.24) is 4.72 Å². The Labute approximate surface area is 130 Å². The number of nitrogens with two attached hydrogens (primary N) is 1. The van der Waals surface area contributed by atoms with Crippen molar-refractivity contribution in [1.29, 1.82) is 0 Å². The highest BCUT2D eigenvalue weighted by molar-refractivity contribution is 9.10. The summed E-state index contributed by atoms with van der Waals surface area (Å²) < 4.78 is 40.2. The normalized spacial score (nSPS) is 13.4. The first-order valence-corrected chi connectivity index (χ1v) is 8.46. The Bertz CT molecular complexity index is 598. The number of halogens is 3. The van der Waals surface area contributed by atoms with Crippen LogP contribution in [0.4, 0.5) is 10.1 Å². The third kappa shape index (κ3) is 4.05. The van der Waals surface area contributed by atoms with Crippen LogP contribution in [0, 0.1) is 5.82 Å². The van der Waals surface area contributed by atoms with E-state index < -0.39 is 26.8 Å². The van der Waals surface area contributed by atoms with Gasteiger partial charge in [0.2, 0.25) is 10.0 Å². The van der Waals surface area contributed by atoms with Crippen molar-refractivity contribution in [2.24, 2.45) is 0 Å². The maximum Gasteiger partial charge on any atom is 0.243 e. The second kappa shape index (κ2) is 7.04. The van der Waals surface area contributed by atoms with Gasteiger partial charge in [-0.3, -0.25) is 0 Å². The van der Waals surface area contributed by atoms with E-state index in [1.807, 2.05) is 0 Å². The monoisotopic (exact) mass is 388 g/mol. The van der Waals surface area contributed by atoms with Crippen molar-refractivity contribution < 1.29 is 17.9 Å². The number of hydrogen-bond acceptors (Lipinski definition) is 4. The quantitative estimate of drug-likeness (QED) is 0.514. The average molecular weight is 390 g/mol. The molecule has 20 heavy (non-hydrogen) atoms. The molecule has 0 amide bonds. The molecule has 1 unspecified atom stereocenters. The van der Waals surface area contributed by atoms with Gasteiger partial charge in [0, 0.05) is 6.54 Å². The number of hydrogen-bond donors (Lipinski definition) is 3. The minimum absolute atomic E-state index is 0.00197. The molecule has 0 fully saturated rings. The Morgan fingerprint density at radius 2 is 2.20 bits per heavy atom. The summed E-state index contributed by atoms with van der Waals surface area (Å²) in [5, 5.41) is 9.35. The Kier molecular flexibility index (Phi) is 6.21. The summed E-state index contributed by atoms with van der Waals surface area (Å²) in [5.41, 5.74) is 5.07. The van der Waals surface area contributed by atoms with Gasteiger partial charge < -0.3 is 10.8 Å². The summed E-state index contributed by atoms with van der Waals surface area (Å²) in [5.74, 6) is -1.06.